The number of benzene rings is 1. The lowest BCUT2D eigenvalue weighted by atomic mass is 10.2. The van der Waals surface area contributed by atoms with E-state index in [1.807, 2.05) is 6.07 Å². The van der Waals surface area contributed by atoms with Crippen LogP contribution in [0.5, 0.6) is 11.5 Å². The summed E-state index contributed by atoms with van der Waals surface area (Å²) in [5.74, 6) is 0.663. The molecule has 8 nitrogen and oxygen atoms in total. The van der Waals surface area contributed by atoms with Gasteiger partial charge in [0.25, 0.3) is 5.91 Å². The van der Waals surface area contributed by atoms with E-state index in [-0.39, 0.29) is 42.5 Å². The summed E-state index contributed by atoms with van der Waals surface area (Å²) in [6, 6.07) is 5.36. The highest BCUT2D eigenvalue weighted by Gasteiger charge is 2.28. The summed E-state index contributed by atoms with van der Waals surface area (Å²) >= 11 is 1.26. The normalized spacial score (nSPS) is 19.9. The molecule has 142 valence electrons. The van der Waals surface area contributed by atoms with E-state index < -0.39 is 21.7 Å². The van der Waals surface area contributed by atoms with Crippen LogP contribution in [-0.4, -0.2) is 56.2 Å². The summed E-state index contributed by atoms with van der Waals surface area (Å²) in [4.78, 5) is 23.4. The van der Waals surface area contributed by atoms with Crippen molar-refractivity contribution in [2.75, 3.05) is 30.7 Å². The maximum atomic E-state index is 11.8. The molecule has 2 aliphatic heterocycles. The summed E-state index contributed by atoms with van der Waals surface area (Å²) in [5, 5.41) is 2.58. The van der Waals surface area contributed by atoms with Gasteiger partial charge in [-0.3, -0.25) is 9.59 Å². The predicted octanol–water partition coefficient (Wildman–Crippen LogP) is 0.495. The van der Waals surface area contributed by atoms with E-state index in [0.717, 1.165) is 5.56 Å². The van der Waals surface area contributed by atoms with E-state index in [1.165, 1.54) is 11.8 Å². The largest absolute Gasteiger partial charge is 0.455 e. The van der Waals surface area contributed by atoms with Crippen molar-refractivity contribution in [1.29, 1.82) is 0 Å². The van der Waals surface area contributed by atoms with E-state index in [2.05, 4.69) is 5.32 Å². The van der Waals surface area contributed by atoms with Crippen LogP contribution in [0.3, 0.4) is 0 Å². The van der Waals surface area contributed by atoms with Gasteiger partial charge in [-0.2, -0.15) is 0 Å². The van der Waals surface area contributed by atoms with Crippen molar-refractivity contribution in [1.82, 2.24) is 5.32 Å². The molecule has 1 fully saturated rings. The summed E-state index contributed by atoms with van der Waals surface area (Å²) in [6.45, 7) is 0.0977. The standard InChI is InChI=1S/C16H19NO7S2/c18-15(17-6-11-1-2-13-14(5-11)24-10-23-13)7-22-16(19)8-25-12-3-4-26(20,21)9-12/h1-2,5,12H,3-4,6-10H2,(H,17,18)/t12-/m0/s1. The number of rotatable bonds is 7. The average molecular weight is 401 g/mol. The van der Waals surface area contributed by atoms with Gasteiger partial charge in [0.05, 0.1) is 17.3 Å². The SMILES string of the molecule is O=C(COC(=O)CS[C@H]1CCS(=O)(=O)C1)NCc1ccc2c(c1)OCO2. The number of amides is 1. The van der Waals surface area contributed by atoms with Crippen LogP contribution in [0.4, 0.5) is 0 Å². The minimum absolute atomic E-state index is 0.0373. The number of carbonyl (C=O) groups excluding carboxylic acids is 2. The molecule has 2 heterocycles. The van der Waals surface area contributed by atoms with Gasteiger partial charge in [-0.05, 0) is 24.1 Å². The molecule has 0 spiro atoms. The Labute approximate surface area is 155 Å². The van der Waals surface area contributed by atoms with Crippen LogP contribution in [0.25, 0.3) is 0 Å². The molecule has 1 aromatic rings. The van der Waals surface area contributed by atoms with Crippen molar-refractivity contribution in [2.24, 2.45) is 0 Å². The Morgan fingerprint density at radius 2 is 2.08 bits per heavy atom. The smallest absolute Gasteiger partial charge is 0.316 e. The molecular formula is C16H19NO7S2. The number of esters is 1. The minimum atomic E-state index is -2.96. The summed E-state index contributed by atoms with van der Waals surface area (Å²) in [5.41, 5.74) is 0.840. The fraction of sp³-hybridized carbons (Fsp3) is 0.500. The molecule has 0 saturated carbocycles. The van der Waals surface area contributed by atoms with Crippen molar-refractivity contribution in [3.8, 4) is 11.5 Å². The lowest BCUT2D eigenvalue weighted by Gasteiger charge is -2.09. The quantitative estimate of drug-likeness (QED) is 0.658. The highest BCUT2D eigenvalue weighted by molar-refractivity contribution is 8.02. The van der Waals surface area contributed by atoms with E-state index >= 15 is 0 Å². The summed E-state index contributed by atoms with van der Waals surface area (Å²) < 4.78 is 38.1. The first kappa shape index (κ1) is 18.8. The second-order valence-corrected chi connectivity index (χ2v) is 9.48. The number of hydrogen-bond acceptors (Lipinski definition) is 8. The topological polar surface area (TPSA) is 108 Å². The lowest BCUT2D eigenvalue weighted by Crippen LogP contribution is -2.28. The third kappa shape index (κ3) is 5.28. The number of nitrogens with one attached hydrogen (secondary N) is 1. The molecule has 0 radical (unpaired) electrons. The maximum absolute atomic E-state index is 11.8. The van der Waals surface area contributed by atoms with Crippen molar-refractivity contribution in [3.05, 3.63) is 23.8 Å². The van der Waals surface area contributed by atoms with Gasteiger partial charge in [0.15, 0.2) is 27.9 Å². The van der Waals surface area contributed by atoms with Crippen LogP contribution in [-0.2, 0) is 30.7 Å². The second-order valence-electron chi connectivity index (χ2n) is 5.96. The number of thioether (sulfide) groups is 1. The number of ether oxygens (including phenoxy) is 3. The van der Waals surface area contributed by atoms with Gasteiger partial charge in [0.2, 0.25) is 6.79 Å². The molecule has 3 rings (SSSR count). The Hall–Kier alpha value is -1.94. The molecule has 0 aliphatic carbocycles. The number of fused-ring (bicyclic) bond motifs is 1. The molecule has 1 amide bonds. The molecule has 1 atom stereocenters. The molecule has 0 aromatic heterocycles. The molecular weight excluding hydrogens is 382 g/mol. The molecule has 26 heavy (non-hydrogen) atoms. The molecule has 0 unspecified atom stereocenters. The highest BCUT2D eigenvalue weighted by atomic mass is 32.2. The van der Waals surface area contributed by atoms with E-state index in [0.29, 0.717) is 17.9 Å². The average Bonchev–Trinajstić information content (AvgIpc) is 3.21. The van der Waals surface area contributed by atoms with Gasteiger partial charge in [0.1, 0.15) is 0 Å². The number of sulfone groups is 1. The summed E-state index contributed by atoms with van der Waals surface area (Å²) in [6.07, 6.45) is 0.552. The van der Waals surface area contributed by atoms with E-state index in [1.54, 1.807) is 12.1 Å². The van der Waals surface area contributed by atoms with Crippen molar-refractivity contribution in [3.63, 3.8) is 0 Å². The Bertz CT molecular complexity index is 794. The fourth-order valence-corrected chi connectivity index (χ4v) is 6.01. The van der Waals surface area contributed by atoms with Crippen LogP contribution >= 0.6 is 11.8 Å². The molecule has 10 heteroatoms. The Morgan fingerprint density at radius 1 is 1.27 bits per heavy atom. The van der Waals surface area contributed by atoms with Gasteiger partial charge in [-0.1, -0.05) is 6.07 Å². The van der Waals surface area contributed by atoms with Crippen LogP contribution in [0.1, 0.15) is 12.0 Å². The molecule has 1 N–H and O–H groups in total. The highest BCUT2D eigenvalue weighted by Crippen LogP contribution is 2.32. The maximum Gasteiger partial charge on any atom is 0.316 e. The lowest BCUT2D eigenvalue weighted by molar-refractivity contribution is -0.145. The fourth-order valence-electron chi connectivity index (χ4n) is 2.57. The summed E-state index contributed by atoms with van der Waals surface area (Å²) in [7, 11) is -2.96. The zero-order valence-corrected chi connectivity index (χ0v) is 15.6. The van der Waals surface area contributed by atoms with Gasteiger partial charge in [0, 0.05) is 11.8 Å². The van der Waals surface area contributed by atoms with E-state index in [9.17, 15) is 18.0 Å². The molecule has 1 aromatic carbocycles. The van der Waals surface area contributed by atoms with Gasteiger partial charge in [-0.25, -0.2) is 8.42 Å². The zero-order chi connectivity index (χ0) is 18.6. The van der Waals surface area contributed by atoms with E-state index in [4.69, 9.17) is 14.2 Å². The number of hydrogen-bond donors (Lipinski definition) is 1. The van der Waals surface area contributed by atoms with Crippen molar-refractivity contribution >= 4 is 33.5 Å². The zero-order valence-electron chi connectivity index (χ0n) is 13.9. The molecule has 0 bridgehead atoms. The van der Waals surface area contributed by atoms with Gasteiger partial charge >= 0.3 is 5.97 Å². The van der Waals surface area contributed by atoms with Crippen LogP contribution < -0.4 is 14.8 Å². The monoisotopic (exact) mass is 401 g/mol. The van der Waals surface area contributed by atoms with Crippen LogP contribution in [0, 0.1) is 0 Å². The Morgan fingerprint density at radius 3 is 2.85 bits per heavy atom. The third-order valence-electron chi connectivity index (χ3n) is 3.92. The Kier molecular flexibility index (Phi) is 5.92. The van der Waals surface area contributed by atoms with Crippen molar-refractivity contribution < 1.29 is 32.2 Å². The molecule has 1 saturated heterocycles. The number of carbonyl (C=O) groups is 2. The first-order chi connectivity index (χ1) is 12.4. The minimum Gasteiger partial charge on any atom is -0.455 e. The Balaban J connectivity index is 1.33. The van der Waals surface area contributed by atoms with Gasteiger partial charge < -0.3 is 19.5 Å². The first-order valence-electron chi connectivity index (χ1n) is 8.04. The van der Waals surface area contributed by atoms with Crippen LogP contribution in [0.15, 0.2) is 18.2 Å². The molecule has 2 aliphatic rings. The second kappa shape index (κ2) is 8.17. The first-order valence-corrected chi connectivity index (χ1v) is 10.9. The third-order valence-corrected chi connectivity index (χ3v) is 7.17. The van der Waals surface area contributed by atoms with Crippen molar-refractivity contribution in [2.45, 2.75) is 18.2 Å². The van der Waals surface area contributed by atoms with Crippen LogP contribution in [0.2, 0.25) is 0 Å². The predicted molar refractivity (Wildman–Crippen MR) is 94.9 cm³/mol. The van der Waals surface area contributed by atoms with Gasteiger partial charge in [-0.15, -0.1) is 11.8 Å².